The van der Waals surface area contributed by atoms with Crippen molar-refractivity contribution in [3.8, 4) is 0 Å². The molecule has 0 aliphatic carbocycles. The third-order valence-corrected chi connectivity index (χ3v) is 4.89. The Labute approximate surface area is 143 Å². The Bertz CT molecular complexity index is 794. The van der Waals surface area contributed by atoms with E-state index in [1.165, 1.54) is 16.7 Å². The quantitative estimate of drug-likeness (QED) is 0.922. The van der Waals surface area contributed by atoms with Crippen molar-refractivity contribution >= 4 is 0 Å². The fourth-order valence-corrected chi connectivity index (χ4v) is 3.31. The van der Waals surface area contributed by atoms with Crippen LogP contribution in [0.15, 0.2) is 23.0 Å². The van der Waals surface area contributed by atoms with E-state index in [0.717, 1.165) is 43.1 Å². The van der Waals surface area contributed by atoms with Crippen LogP contribution in [0.3, 0.4) is 0 Å². The Morgan fingerprint density at radius 3 is 2.50 bits per heavy atom. The molecule has 0 saturated heterocycles. The molecule has 1 aliphatic heterocycles. The van der Waals surface area contributed by atoms with Gasteiger partial charge in [-0.05, 0) is 37.0 Å². The second-order valence-corrected chi connectivity index (χ2v) is 7.92. The highest BCUT2D eigenvalue weighted by molar-refractivity contribution is 5.33. The molecule has 0 saturated carbocycles. The molecule has 1 aromatic carbocycles. The van der Waals surface area contributed by atoms with Crippen molar-refractivity contribution < 1.29 is 0 Å². The summed E-state index contributed by atoms with van der Waals surface area (Å²) in [5.41, 5.74) is 5.74. The molecule has 0 bridgehead atoms. The first kappa shape index (κ1) is 16.9. The maximum Gasteiger partial charge on any atom is 0.254 e. The first-order valence-electron chi connectivity index (χ1n) is 8.65. The topological polar surface area (TPSA) is 49.0 Å². The van der Waals surface area contributed by atoms with Gasteiger partial charge in [-0.3, -0.25) is 9.69 Å². The second kappa shape index (κ2) is 6.17. The van der Waals surface area contributed by atoms with Crippen LogP contribution in [-0.4, -0.2) is 21.4 Å². The minimum atomic E-state index is -0.150. The molecule has 4 nitrogen and oxygen atoms in total. The molecule has 2 aromatic rings. The van der Waals surface area contributed by atoms with Crippen molar-refractivity contribution in [2.24, 2.45) is 0 Å². The number of H-pyrrole nitrogens is 1. The molecule has 0 spiro atoms. The lowest BCUT2D eigenvalue weighted by Gasteiger charge is -2.30. The molecule has 1 aromatic heterocycles. The van der Waals surface area contributed by atoms with E-state index in [1.54, 1.807) is 0 Å². The van der Waals surface area contributed by atoms with Crippen LogP contribution < -0.4 is 5.56 Å². The van der Waals surface area contributed by atoms with Gasteiger partial charge in [0.2, 0.25) is 0 Å². The first-order valence-corrected chi connectivity index (χ1v) is 8.65. The number of aromatic nitrogens is 2. The minimum Gasteiger partial charge on any atom is -0.310 e. The lowest BCUT2D eigenvalue weighted by atomic mass is 9.94. The predicted molar refractivity (Wildman–Crippen MR) is 97.3 cm³/mol. The largest absolute Gasteiger partial charge is 0.310 e. The van der Waals surface area contributed by atoms with Crippen LogP contribution in [0.1, 0.15) is 54.5 Å². The fourth-order valence-electron chi connectivity index (χ4n) is 3.31. The molecule has 1 N–H and O–H groups in total. The minimum absolute atomic E-state index is 0.0386. The summed E-state index contributed by atoms with van der Waals surface area (Å²) < 4.78 is 0. The molecule has 4 heteroatoms. The van der Waals surface area contributed by atoms with Gasteiger partial charge in [-0.1, -0.05) is 39.0 Å². The number of aryl methyl sites for hydroxylation is 2. The lowest BCUT2D eigenvalue weighted by molar-refractivity contribution is 0.238. The monoisotopic (exact) mass is 325 g/mol. The molecule has 0 fully saturated rings. The standard InChI is InChI=1S/C20H27N3O/c1-13-7-6-8-14(2)16(13)11-23-10-9-15-17(12-23)21-19(20(3,4)5)22-18(15)24/h6-8H,9-12H2,1-5H3,(H,21,22,24). The van der Waals surface area contributed by atoms with Gasteiger partial charge in [-0.2, -0.15) is 0 Å². The van der Waals surface area contributed by atoms with E-state index in [2.05, 4.69) is 62.7 Å². The summed E-state index contributed by atoms with van der Waals surface area (Å²) in [6, 6.07) is 6.44. The van der Waals surface area contributed by atoms with E-state index in [1.807, 2.05) is 0 Å². The van der Waals surface area contributed by atoms with Gasteiger partial charge in [0.1, 0.15) is 5.82 Å². The van der Waals surface area contributed by atoms with Crippen LogP contribution in [-0.2, 0) is 24.9 Å². The molecule has 3 rings (SSSR count). The Hall–Kier alpha value is -1.94. The molecule has 0 amide bonds. The lowest BCUT2D eigenvalue weighted by Crippen LogP contribution is -2.37. The fraction of sp³-hybridized carbons (Fsp3) is 0.500. The number of hydrogen-bond donors (Lipinski definition) is 1. The van der Waals surface area contributed by atoms with E-state index in [9.17, 15) is 4.79 Å². The number of nitrogens with zero attached hydrogens (tertiary/aromatic N) is 2. The summed E-state index contributed by atoms with van der Waals surface area (Å²) in [5, 5.41) is 0. The normalized spacial score (nSPS) is 15.4. The zero-order chi connectivity index (χ0) is 17.5. The van der Waals surface area contributed by atoms with Gasteiger partial charge in [0, 0.05) is 30.6 Å². The van der Waals surface area contributed by atoms with Crippen LogP contribution in [0.2, 0.25) is 0 Å². The Morgan fingerprint density at radius 2 is 1.88 bits per heavy atom. The molecular weight excluding hydrogens is 298 g/mol. The number of fused-ring (bicyclic) bond motifs is 1. The molecule has 128 valence electrons. The second-order valence-electron chi connectivity index (χ2n) is 7.92. The highest BCUT2D eigenvalue weighted by Gasteiger charge is 2.25. The van der Waals surface area contributed by atoms with Crippen molar-refractivity contribution in [2.45, 2.75) is 59.5 Å². The highest BCUT2D eigenvalue weighted by atomic mass is 16.1. The molecule has 1 aliphatic rings. The van der Waals surface area contributed by atoms with Gasteiger partial charge in [0.15, 0.2) is 0 Å². The predicted octanol–water partition coefficient (Wildman–Crippen LogP) is 3.24. The number of hydrogen-bond acceptors (Lipinski definition) is 3. The molecular formula is C20H27N3O. The summed E-state index contributed by atoms with van der Waals surface area (Å²) >= 11 is 0. The van der Waals surface area contributed by atoms with Crippen molar-refractivity contribution in [2.75, 3.05) is 6.54 Å². The molecule has 24 heavy (non-hydrogen) atoms. The Morgan fingerprint density at radius 1 is 1.21 bits per heavy atom. The Balaban J connectivity index is 1.89. The van der Waals surface area contributed by atoms with Crippen molar-refractivity contribution in [3.63, 3.8) is 0 Å². The van der Waals surface area contributed by atoms with E-state index >= 15 is 0 Å². The highest BCUT2D eigenvalue weighted by Crippen LogP contribution is 2.23. The summed E-state index contributed by atoms with van der Waals surface area (Å²) in [6.07, 6.45) is 0.771. The van der Waals surface area contributed by atoms with Gasteiger partial charge in [-0.25, -0.2) is 4.98 Å². The van der Waals surface area contributed by atoms with E-state index in [0.29, 0.717) is 0 Å². The number of benzene rings is 1. The van der Waals surface area contributed by atoms with E-state index in [-0.39, 0.29) is 11.0 Å². The average molecular weight is 325 g/mol. The van der Waals surface area contributed by atoms with Crippen LogP contribution >= 0.6 is 0 Å². The molecule has 0 radical (unpaired) electrons. The maximum atomic E-state index is 12.4. The summed E-state index contributed by atoms with van der Waals surface area (Å²) in [5.74, 6) is 0.778. The zero-order valence-electron chi connectivity index (χ0n) is 15.4. The molecule has 0 atom stereocenters. The maximum absolute atomic E-state index is 12.4. The average Bonchev–Trinajstić information content (AvgIpc) is 2.50. The van der Waals surface area contributed by atoms with Gasteiger partial charge in [0.25, 0.3) is 5.56 Å². The van der Waals surface area contributed by atoms with Gasteiger partial charge < -0.3 is 4.98 Å². The summed E-state index contributed by atoms with van der Waals surface area (Å²) in [6.45, 7) is 13.1. The zero-order valence-corrected chi connectivity index (χ0v) is 15.4. The van der Waals surface area contributed by atoms with Crippen molar-refractivity contribution in [1.29, 1.82) is 0 Å². The first-order chi connectivity index (χ1) is 11.3. The van der Waals surface area contributed by atoms with Crippen molar-refractivity contribution in [1.82, 2.24) is 14.9 Å². The van der Waals surface area contributed by atoms with E-state index < -0.39 is 0 Å². The third-order valence-electron chi connectivity index (χ3n) is 4.89. The van der Waals surface area contributed by atoms with Gasteiger partial charge in [0.05, 0.1) is 5.69 Å². The van der Waals surface area contributed by atoms with Crippen LogP contribution in [0, 0.1) is 13.8 Å². The number of aromatic amines is 1. The van der Waals surface area contributed by atoms with Crippen LogP contribution in [0.5, 0.6) is 0 Å². The number of rotatable bonds is 2. The number of nitrogens with one attached hydrogen (secondary N) is 1. The van der Waals surface area contributed by atoms with Gasteiger partial charge in [-0.15, -0.1) is 0 Å². The van der Waals surface area contributed by atoms with E-state index in [4.69, 9.17) is 4.98 Å². The summed E-state index contributed by atoms with van der Waals surface area (Å²) in [7, 11) is 0. The van der Waals surface area contributed by atoms with Crippen LogP contribution in [0.4, 0.5) is 0 Å². The van der Waals surface area contributed by atoms with Gasteiger partial charge >= 0.3 is 0 Å². The molecule has 0 unspecified atom stereocenters. The SMILES string of the molecule is Cc1cccc(C)c1CN1CCc2c(nc(C(C)(C)C)[nH]c2=O)C1. The summed E-state index contributed by atoms with van der Waals surface area (Å²) in [4.78, 5) is 22.5. The van der Waals surface area contributed by atoms with Crippen molar-refractivity contribution in [3.05, 3.63) is 62.3 Å². The third kappa shape index (κ3) is 3.29. The molecule has 2 heterocycles. The van der Waals surface area contributed by atoms with Crippen LogP contribution in [0.25, 0.3) is 0 Å². The smallest absolute Gasteiger partial charge is 0.254 e. The Kier molecular flexibility index (Phi) is 4.35.